The van der Waals surface area contributed by atoms with Crippen LogP contribution in [-0.2, 0) is 16.0 Å². The molecule has 0 atom stereocenters. The first-order valence-corrected chi connectivity index (χ1v) is 7.29. The molecule has 1 heterocycles. The summed E-state index contributed by atoms with van der Waals surface area (Å²) in [5.41, 5.74) is 0.616. The van der Waals surface area contributed by atoms with Crippen molar-refractivity contribution >= 4 is 17.5 Å². The number of ether oxygens (including phenoxy) is 1. The summed E-state index contributed by atoms with van der Waals surface area (Å²) in [4.78, 5) is 25.5. The number of aromatic nitrogens is 1. The third kappa shape index (κ3) is 5.64. The van der Waals surface area contributed by atoms with Gasteiger partial charge in [-0.15, -0.1) is 0 Å². The van der Waals surface area contributed by atoms with Gasteiger partial charge in [-0.2, -0.15) is 0 Å². The van der Waals surface area contributed by atoms with E-state index in [1.54, 1.807) is 12.1 Å². The molecule has 0 bridgehead atoms. The Morgan fingerprint density at radius 2 is 2.00 bits per heavy atom. The average molecular weight is 333 g/mol. The van der Waals surface area contributed by atoms with E-state index in [9.17, 15) is 19.3 Å². The van der Waals surface area contributed by atoms with E-state index in [2.05, 4.69) is 10.3 Å². The van der Waals surface area contributed by atoms with Crippen molar-refractivity contribution in [2.24, 2.45) is 0 Å². The standard InChI is InChI=1S/C16H16FN3O4/c17-13-4-2-12(3-5-13)10-16(21)24-9-1-8-18-15-7-6-14(11-19-15)20(22)23/h2-7,11H,1,8-10H2,(H,18,19). The SMILES string of the molecule is O=C(Cc1ccc(F)cc1)OCCCNc1ccc([N+](=O)[O-])cn1. The van der Waals surface area contributed by atoms with Gasteiger partial charge in [0.1, 0.15) is 17.8 Å². The number of rotatable bonds is 8. The Bertz CT molecular complexity index is 689. The summed E-state index contributed by atoms with van der Waals surface area (Å²) in [6.45, 7) is 0.745. The first-order valence-electron chi connectivity index (χ1n) is 7.29. The van der Waals surface area contributed by atoms with Gasteiger partial charge in [0.05, 0.1) is 18.0 Å². The zero-order valence-corrected chi connectivity index (χ0v) is 12.8. The molecule has 126 valence electrons. The van der Waals surface area contributed by atoms with Crippen LogP contribution < -0.4 is 5.32 Å². The fourth-order valence-corrected chi connectivity index (χ4v) is 1.89. The van der Waals surface area contributed by atoms with Gasteiger partial charge in [0, 0.05) is 12.6 Å². The Labute approximate surface area is 137 Å². The van der Waals surface area contributed by atoms with Crippen LogP contribution in [0.1, 0.15) is 12.0 Å². The van der Waals surface area contributed by atoms with Crippen LogP contribution in [0.3, 0.4) is 0 Å². The van der Waals surface area contributed by atoms with E-state index < -0.39 is 4.92 Å². The molecule has 1 aromatic heterocycles. The zero-order valence-electron chi connectivity index (χ0n) is 12.8. The van der Waals surface area contributed by atoms with Gasteiger partial charge in [0.25, 0.3) is 5.69 Å². The molecule has 7 nitrogen and oxygen atoms in total. The smallest absolute Gasteiger partial charge is 0.310 e. The molecule has 24 heavy (non-hydrogen) atoms. The lowest BCUT2D eigenvalue weighted by Gasteiger charge is -2.07. The molecule has 0 saturated heterocycles. The molecule has 2 rings (SSSR count). The maximum Gasteiger partial charge on any atom is 0.310 e. The lowest BCUT2D eigenvalue weighted by molar-refractivity contribution is -0.385. The fraction of sp³-hybridized carbons (Fsp3) is 0.250. The topological polar surface area (TPSA) is 94.4 Å². The molecule has 1 N–H and O–H groups in total. The Balaban J connectivity index is 1.63. The first kappa shape index (κ1) is 17.3. The molecule has 0 aliphatic carbocycles. The van der Waals surface area contributed by atoms with Crippen LogP contribution in [0, 0.1) is 15.9 Å². The number of nitrogens with zero attached hydrogens (tertiary/aromatic N) is 2. The second-order valence-electron chi connectivity index (χ2n) is 4.96. The van der Waals surface area contributed by atoms with Gasteiger partial charge in [0.15, 0.2) is 0 Å². The summed E-state index contributed by atoms with van der Waals surface area (Å²) in [6.07, 6.45) is 1.83. The summed E-state index contributed by atoms with van der Waals surface area (Å²) < 4.78 is 17.8. The monoisotopic (exact) mass is 333 g/mol. The van der Waals surface area contributed by atoms with Crippen LogP contribution in [0.15, 0.2) is 42.6 Å². The molecular formula is C16H16FN3O4. The summed E-state index contributed by atoms with van der Waals surface area (Å²) in [5, 5.41) is 13.5. The lowest BCUT2D eigenvalue weighted by atomic mass is 10.1. The minimum atomic E-state index is -0.517. The van der Waals surface area contributed by atoms with Crippen LogP contribution in [0.5, 0.6) is 0 Å². The minimum Gasteiger partial charge on any atom is -0.465 e. The molecule has 8 heteroatoms. The lowest BCUT2D eigenvalue weighted by Crippen LogP contribution is -2.12. The van der Waals surface area contributed by atoms with Crippen LogP contribution in [0.25, 0.3) is 0 Å². The second-order valence-corrected chi connectivity index (χ2v) is 4.96. The first-order chi connectivity index (χ1) is 11.5. The zero-order chi connectivity index (χ0) is 17.4. The highest BCUT2D eigenvalue weighted by Gasteiger charge is 2.06. The molecule has 2 aromatic rings. The number of nitro groups is 1. The number of esters is 1. The molecule has 0 amide bonds. The van der Waals surface area contributed by atoms with E-state index >= 15 is 0 Å². The fourth-order valence-electron chi connectivity index (χ4n) is 1.89. The van der Waals surface area contributed by atoms with Gasteiger partial charge in [-0.1, -0.05) is 12.1 Å². The highest BCUT2D eigenvalue weighted by atomic mass is 19.1. The number of carbonyl (C=O) groups is 1. The summed E-state index contributed by atoms with van der Waals surface area (Å²) in [6, 6.07) is 8.54. The number of benzene rings is 1. The van der Waals surface area contributed by atoms with Crippen molar-refractivity contribution in [3.05, 3.63) is 64.1 Å². The molecule has 0 fully saturated rings. The normalized spacial score (nSPS) is 10.2. The Kier molecular flexibility index (Phi) is 6.18. The highest BCUT2D eigenvalue weighted by molar-refractivity contribution is 5.72. The predicted molar refractivity (Wildman–Crippen MR) is 85.1 cm³/mol. The Hall–Kier alpha value is -3.03. The molecule has 0 aliphatic rings. The molecule has 0 unspecified atom stereocenters. The molecule has 0 spiro atoms. The summed E-state index contributed by atoms with van der Waals surface area (Å²) in [5.74, 6) is -0.216. The van der Waals surface area contributed by atoms with E-state index in [4.69, 9.17) is 4.74 Å². The van der Waals surface area contributed by atoms with Crippen molar-refractivity contribution in [2.75, 3.05) is 18.5 Å². The van der Waals surface area contributed by atoms with Crippen LogP contribution >= 0.6 is 0 Å². The van der Waals surface area contributed by atoms with Gasteiger partial charge in [-0.25, -0.2) is 9.37 Å². The molecule has 0 radical (unpaired) electrons. The third-order valence-electron chi connectivity index (χ3n) is 3.11. The Morgan fingerprint density at radius 3 is 2.62 bits per heavy atom. The third-order valence-corrected chi connectivity index (χ3v) is 3.11. The molecule has 0 aliphatic heterocycles. The largest absolute Gasteiger partial charge is 0.465 e. The van der Waals surface area contributed by atoms with Gasteiger partial charge in [0.2, 0.25) is 0 Å². The highest BCUT2D eigenvalue weighted by Crippen LogP contribution is 2.11. The van der Waals surface area contributed by atoms with Crippen LogP contribution in [0.2, 0.25) is 0 Å². The van der Waals surface area contributed by atoms with Crippen molar-refractivity contribution in [3.63, 3.8) is 0 Å². The van der Waals surface area contributed by atoms with Crippen molar-refractivity contribution in [2.45, 2.75) is 12.8 Å². The number of halogens is 1. The van der Waals surface area contributed by atoms with Gasteiger partial charge < -0.3 is 10.1 Å². The van der Waals surface area contributed by atoms with Crippen molar-refractivity contribution in [1.82, 2.24) is 4.98 Å². The number of anilines is 1. The van der Waals surface area contributed by atoms with E-state index in [1.165, 1.54) is 30.5 Å². The molecule has 1 aromatic carbocycles. The average Bonchev–Trinajstić information content (AvgIpc) is 2.57. The number of carbonyl (C=O) groups excluding carboxylic acids is 1. The summed E-state index contributed by atoms with van der Waals surface area (Å²) >= 11 is 0. The van der Waals surface area contributed by atoms with Crippen LogP contribution in [0.4, 0.5) is 15.9 Å². The van der Waals surface area contributed by atoms with Crippen molar-refractivity contribution in [3.8, 4) is 0 Å². The minimum absolute atomic E-state index is 0.0738. The quantitative estimate of drug-likeness (QED) is 0.345. The van der Waals surface area contributed by atoms with E-state index in [0.717, 1.165) is 0 Å². The molecule has 0 saturated carbocycles. The maximum absolute atomic E-state index is 12.8. The molecular weight excluding hydrogens is 317 g/mol. The number of hydrogen-bond acceptors (Lipinski definition) is 6. The van der Waals surface area contributed by atoms with E-state index in [0.29, 0.717) is 24.3 Å². The predicted octanol–water partition coefficient (Wildman–Crippen LogP) is 2.72. The Morgan fingerprint density at radius 1 is 1.25 bits per heavy atom. The van der Waals surface area contributed by atoms with E-state index in [-0.39, 0.29) is 30.5 Å². The summed E-state index contributed by atoms with van der Waals surface area (Å²) in [7, 11) is 0. The number of nitrogens with one attached hydrogen (secondary N) is 1. The number of pyridine rings is 1. The number of hydrogen-bond donors (Lipinski definition) is 1. The van der Waals surface area contributed by atoms with Gasteiger partial charge in [-0.3, -0.25) is 14.9 Å². The maximum atomic E-state index is 12.8. The van der Waals surface area contributed by atoms with Gasteiger partial charge >= 0.3 is 5.97 Å². The second kappa shape index (κ2) is 8.56. The van der Waals surface area contributed by atoms with E-state index in [1.807, 2.05) is 0 Å². The van der Waals surface area contributed by atoms with Crippen molar-refractivity contribution < 1.29 is 18.8 Å². The van der Waals surface area contributed by atoms with Gasteiger partial charge in [-0.05, 0) is 30.2 Å². The van der Waals surface area contributed by atoms with Crippen LogP contribution in [-0.4, -0.2) is 29.0 Å². The van der Waals surface area contributed by atoms with Crippen molar-refractivity contribution in [1.29, 1.82) is 0 Å².